The highest BCUT2D eigenvalue weighted by molar-refractivity contribution is 6.07. The van der Waals surface area contributed by atoms with Crippen molar-refractivity contribution in [2.75, 3.05) is 19.6 Å². The van der Waals surface area contributed by atoms with E-state index in [1.807, 2.05) is 35.2 Å². The molecule has 1 saturated heterocycles. The van der Waals surface area contributed by atoms with Crippen LogP contribution in [0.15, 0.2) is 42.5 Å². The van der Waals surface area contributed by atoms with E-state index in [9.17, 15) is 4.79 Å². The van der Waals surface area contributed by atoms with Crippen molar-refractivity contribution < 1.29 is 4.79 Å². The van der Waals surface area contributed by atoms with Crippen molar-refractivity contribution in [3.05, 3.63) is 48.0 Å². The summed E-state index contributed by atoms with van der Waals surface area (Å²) < 4.78 is 0. The molecule has 110 valence electrons. The van der Waals surface area contributed by atoms with E-state index >= 15 is 0 Å². The minimum atomic E-state index is 0.165. The van der Waals surface area contributed by atoms with Gasteiger partial charge in [0.15, 0.2) is 0 Å². The lowest BCUT2D eigenvalue weighted by Gasteiger charge is -2.32. The molecule has 1 heterocycles. The van der Waals surface area contributed by atoms with E-state index in [4.69, 9.17) is 5.73 Å². The maximum atomic E-state index is 12.8. The number of piperidine rings is 1. The minimum Gasteiger partial charge on any atom is -0.339 e. The number of benzene rings is 2. The summed E-state index contributed by atoms with van der Waals surface area (Å²) in [5.74, 6) is 0.851. The molecule has 0 bridgehead atoms. The molecule has 0 saturated carbocycles. The van der Waals surface area contributed by atoms with Gasteiger partial charge >= 0.3 is 0 Å². The molecular weight excluding hydrogens is 260 g/mol. The van der Waals surface area contributed by atoms with Crippen LogP contribution in [0.1, 0.15) is 29.6 Å². The summed E-state index contributed by atoms with van der Waals surface area (Å²) in [5.41, 5.74) is 6.45. The summed E-state index contributed by atoms with van der Waals surface area (Å²) >= 11 is 0. The maximum absolute atomic E-state index is 12.8. The SMILES string of the molecule is NCCC1CCN(C(=O)c2cccc3ccccc23)CC1. The fraction of sp³-hybridized carbons (Fsp3) is 0.389. The highest BCUT2D eigenvalue weighted by Crippen LogP contribution is 2.24. The Kier molecular flexibility index (Phi) is 4.20. The van der Waals surface area contributed by atoms with E-state index in [1.165, 1.54) is 0 Å². The molecular formula is C18H22N2O. The van der Waals surface area contributed by atoms with Gasteiger partial charge in [0.05, 0.1) is 0 Å². The van der Waals surface area contributed by atoms with Gasteiger partial charge in [0.2, 0.25) is 0 Å². The summed E-state index contributed by atoms with van der Waals surface area (Å²) in [6, 6.07) is 14.1. The van der Waals surface area contributed by atoms with Gasteiger partial charge in [-0.1, -0.05) is 36.4 Å². The van der Waals surface area contributed by atoms with Crippen LogP contribution in [0.25, 0.3) is 10.8 Å². The highest BCUT2D eigenvalue weighted by atomic mass is 16.2. The number of nitrogens with two attached hydrogens (primary N) is 1. The van der Waals surface area contributed by atoms with Crippen LogP contribution in [0.4, 0.5) is 0 Å². The van der Waals surface area contributed by atoms with Crippen LogP contribution in [0.3, 0.4) is 0 Å². The summed E-state index contributed by atoms with van der Waals surface area (Å²) in [6.07, 6.45) is 3.23. The van der Waals surface area contributed by atoms with Crippen LogP contribution in [0, 0.1) is 5.92 Å². The number of likely N-dealkylation sites (tertiary alicyclic amines) is 1. The van der Waals surface area contributed by atoms with Gasteiger partial charge in [-0.2, -0.15) is 0 Å². The summed E-state index contributed by atoms with van der Waals surface area (Å²) in [6.45, 7) is 2.46. The third-order valence-electron chi connectivity index (χ3n) is 4.50. The molecule has 0 spiro atoms. The third kappa shape index (κ3) is 2.93. The zero-order valence-corrected chi connectivity index (χ0v) is 12.3. The zero-order valence-electron chi connectivity index (χ0n) is 12.3. The van der Waals surface area contributed by atoms with Gasteiger partial charge in [-0.05, 0) is 48.6 Å². The molecule has 2 N–H and O–H groups in total. The standard InChI is InChI=1S/C18H22N2O/c19-11-8-14-9-12-20(13-10-14)18(21)17-7-3-5-15-4-1-2-6-16(15)17/h1-7,14H,8-13,19H2. The first-order chi connectivity index (χ1) is 10.3. The molecule has 0 aromatic heterocycles. The van der Waals surface area contributed by atoms with Crippen molar-refractivity contribution in [1.29, 1.82) is 0 Å². The van der Waals surface area contributed by atoms with E-state index in [0.717, 1.165) is 55.2 Å². The van der Waals surface area contributed by atoms with Crippen LogP contribution in [-0.4, -0.2) is 30.4 Å². The van der Waals surface area contributed by atoms with Gasteiger partial charge in [-0.15, -0.1) is 0 Å². The molecule has 3 heteroatoms. The van der Waals surface area contributed by atoms with Gasteiger partial charge in [0.25, 0.3) is 5.91 Å². The summed E-state index contributed by atoms with van der Waals surface area (Å²) in [5, 5.41) is 2.18. The molecule has 0 aliphatic carbocycles. The fourth-order valence-corrected chi connectivity index (χ4v) is 3.24. The van der Waals surface area contributed by atoms with Crippen molar-refractivity contribution in [2.45, 2.75) is 19.3 Å². The fourth-order valence-electron chi connectivity index (χ4n) is 3.24. The Balaban J connectivity index is 1.79. The van der Waals surface area contributed by atoms with Crippen LogP contribution in [0.5, 0.6) is 0 Å². The predicted octanol–water partition coefficient (Wildman–Crippen LogP) is 3.04. The smallest absolute Gasteiger partial charge is 0.254 e. The normalized spacial score (nSPS) is 16.3. The Hall–Kier alpha value is -1.87. The second-order valence-electron chi connectivity index (χ2n) is 5.84. The van der Waals surface area contributed by atoms with Crippen molar-refractivity contribution in [2.24, 2.45) is 11.7 Å². The molecule has 1 fully saturated rings. The largest absolute Gasteiger partial charge is 0.339 e. The van der Waals surface area contributed by atoms with Gasteiger partial charge in [-0.3, -0.25) is 4.79 Å². The number of carbonyl (C=O) groups excluding carboxylic acids is 1. The Bertz CT molecular complexity index is 625. The van der Waals surface area contributed by atoms with Gasteiger partial charge in [0.1, 0.15) is 0 Å². The molecule has 3 rings (SSSR count). The van der Waals surface area contributed by atoms with Gasteiger partial charge < -0.3 is 10.6 Å². The van der Waals surface area contributed by atoms with Crippen molar-refractivity contribution in [3.63, 3.8) is 0 Å². The van der Waals surface area contributed by atoms with Crippen LogP contribution >= 0.6 is 0 Å². The van der Waals surface area contributed by atoms with E-state index in [-0.39, 0.29) is 5.91 Å². The van der Waals surface area contributed by atoms with Crippen molar-refractivity contribution >= 4 is 16.7 Å². The van der Waals surface area contributed by atoms with Crippen LogP contribution < -0.4 is 5.73 Å². The van der Waals surface area contributed by atoms with Crippen LogP contribution in [-0.2, 0) is 0 Å². The average molecular weight is 282 g/mol. The summed E-state index contributed by atoms with van der Waals surface area (Å²) in [7, 11) is 0. The molecule has 0 unspecified atom stereocenters. The number of nitrogens with zero attached hydrogens (tertiary/aromatic N) is 1. The quantitative estimate of drug-likeness (QED) is 0.940. The second kappa shape index (κ2) is 6.27. The zero-order chi connectivity index (χ0) is 14.7. The number of hydrogen-bond donors (Lipinski definition) is 1. The number of fused-ring (bicyclic) bond motifs is 1. The second-order valence-corrected chi connectivity index (χ2v) is 5.84. The number of hydrogen-bond acceptors (Lipinski definition) is 2. The third-order valence-corrected chi connectivity index (χ3v) is 4.50. The van der Waals surface area contributed by atoms with Crippen LogP contribution in [0.2, 0.25) is 0 Å². The van der Waals surface area contributed by atoms with Crippen molar-refractivity contribution in [1.82, 2.24) is 4.90 Å². The molecule has 1 aliphatic rings. The molecule has 2 aromatic rings. The van der Waals surface area contributed by atoms with Crippen molar-refractivity contribution in [3.8, 4) is 0 Å². The van der Waals surface area contributed by atoms with E-state index in [0.29, 0.717) is 5.92 Å². The van der Waals surface area contributed by atoms with E-state index in [2.05, 4.69) is 12.1 Å². The Morgan fingerprint density at radius 2 is 1.81 bits per heavy atom. The monoisotopic (exact) mass is 282 g/mol. The van der Waals surface area contributed by atoms with E-state index in [1.54, 1.807) is 0 Å². The van der Waals surface area contributed by atoms with Gasteiger partial charge in [0, 0.05) is 18.7 Å². The lowest BCUT2D eigenvalue weighted by Crippen LogP contribution is -2.38. The molecule has 1 amide bonds. The van der Waals surface area contributed by atoms with Gasteiger partial charge in [-0.25, -0.2) is 0 Å². The van der Waals surface area contributed by atoms with E-state index < -0.39 is 0 Å². The Morgan fingerprint density at radius 3 is 2.57 bits per heavy atom. The number of rotatable bonds is 3. The Morgan fingerprint density at radius 1 is 1.10 bits per heavy atom. The lowest BCUT2D eigenvalue weighted by atomic mass is 9.93. The molecule has 0 atom stereocenters. The molecule has 2 aromatic carbocycles. The first-order valence-corrected chi connectivity index (χ1v) is 7.76. The summed E-state index contributed by atoms with van der Waals surface area (Å²) in [4.78, 5) is 14.8. The maximum Gasteiger partial charge on any atom is 0.254 e. The predicted molar refractivity (Wildman–Crippen MR) is 86.2 cm³/mol. The lowest BCUT2D eigenvalue weighted by molar-refractivity contribution is 0.0690. The average Bonchev–Trinajstić information content (AvgIpc) is 2.55. The minimum absolute atomic E-state index is 0.165. The Labute approximate surface area is 125 Å². The topological polar surface area (TPSA) is 46.3 Å². The number of carbonyl (C=O) groups is 1. The molecule has 21 heavy (non-hydrogen) atoms. The number of amides is 1. The first kappa shape index (κ1) is 14.1. The highest BCUT2D eigenvalue weighted by Gasteiger charge is 2.24. The molecule has 3 nitrogen and oxygen atoms in total. The molecule has 0 radical (unpaired) electrons. The first-order valence-electron chi connectivity index (χ1n) is 7.76. The molecule has 1 aliphatic heterocycles.